The predicted octanol–water partition coefficient (Wildman–Crippen LogP) is 6.56. The molecule has 0 saturated heterocycles. The van der Waals surface area contributed by atoms with Crippen LogP contribution in [-0.4, -0.2) is 44.3 Å². The molecule has 0 aromatic heterocycles. The minimum absolute atomic E-state index is 0.0715. The summed E-state index contributed by atoms with van der Waals surface area (Å²) >= 11 is 6.15. The highest BCUT2D eigenvalue weighted by molar-refractivity contribution is 7.92. The molecule has 1 N–H and O–H groups in total. The number of carbonyl (C=O) groups excluding carboxylic acids is 2. The molecule has 0 aliphatic carbocycles. The first-order valence-electron chi connectivity index (χ1n) is 15.0. The molecule has 1 unspecified atom stereocenters. The highest BCUT2D eigenvalue weighted by Crippen LogP contribution is 2.26. The summed E-state index contributed by atoms with van der Waals surface area (Å²) in [6.45, 7) is 7.75. The van der Waals surface area contributed by atoms with Crippen molar-refractivity contribution in [3.63, 3.8) is 0 Å². The number of aryl methyl sites for hydroxylation is 2. The van der Waals surface area contributed by atoms with Crippen molar-refractivity contribution >= 4 is 39.1 Å². The van der Waals surface area contributed by atoms with E-state index in [-0.39, 0.29) is 29.7 Å². The maximum atomic E-state index is 14.5. The molecular formula is C36H40ClN3O4S. The van der Waals surface area contributed by atoms with Gasteiger partial charge in [-0.15, -0.1) is 0 Å². The van der Waals surface area contributed by atoms with Gasteiger partial charge in [-0.1, -0.05) is 97.7 Å². The van der Waals surface area contributed by atoms with Gasteiger partial charge in [0.15, 0.2) is 0 Å². The van der Waals surface area contributed by atoms with Gasteiger partial charge in [-0.2, -0.15) is 0 Å². The van der Waals surface area contributed by atoms with E-state index in [1.54, 1.807) is 66.7 Å². The van der Waals surface area contributed by atoms with Gasteiger partial charge in [0.25, 0.3) is 10.0 Å². The first kappa shape index (κ1) is 33.7. The zero-order valence-corrected chi connectivity index (χ0v) is 27.7. The Labute approximate surface area is 271 Å². The largest absolute Gasteiger partial charge is 0.354 e. The molecule has 0 bridgehead atoms. The quantitative estimate of drug-likeness (QED) is 0.178. The molecular weight excluding hydrogens is 606 g/mol. The number of benzene rings is 4. The van der Waals surface area contributed by atoms with Crippen molar-refractivity contribution in [2.75, 3.05) is 17.4 Å². The van der Waals surface area contributed by atoms with Crippen LogP contribution in [0.5, 0.6) is 0 Å². The molecule has 45 heavy (non-hydrogen) atoms. The fraction of sp³-hybridized carbons (Fsp3) is 0.278. The summed E-state index contributed by atoms with van der Waals surface area (Å²) in [6, 6.07) is 29.2. The molecule has 9 heteroatoms. The normalized spacial score (nSPS) is 12.0. The first-order chi connectivity index (χ1) is 21.4. The number of anilines is 1. The van der Waals surface area contributed by atoms with E-state index < -0.39 is 28.5 Å². The number of nitrogens with one attached hydrogen (secondary N) is 1. The maximum absolute atomic E-state index is 14.5. The number of amides is 2. The highest BCUT2D eigenvalue weighted by atomic mass is 35.5. The van der Waals surface area contributed by atoms with Crippen molar-refractivity contribution in [3.8, 4) is 0 Å². The molecule has 4 aromatic rings. The number of carbonyl (C=O) groups is 2. The third kappa shape index (κ3) is 9.19. The van der Waals surface area contributed by atoms with Crippen LogP contribution in [0.4, 0.5) is 5.69 Å². The van der Waals surface area contributed by atoms with E-state index in [0.29, 0.717) is 17.3 Å². The van der Waals surface area contributed by atoms with Gasteiger partial charge in [0.05, 0.1) is 10.6 Å². The number of hydrogen-bond acceptors (Lipinski definition) is 4. The third-order valence-electron chi connectivity index (χ3n) is 7.40. The molecule has 2 amide bonds. The second-order valence-corrected chi connectivity index (χ2v) is 14.0. The topological polar surface area (TPSA) is 86.8 Å². The second-order valence-electron chi connectivity index (χ2n) is 11.7. The average molecular weight is 646 g/mol. The van der Waals surface area contributed by atoms with Gasteiger partial charge < -0.3 is 10.2 Å². The van der Waals surface area contributed by atoms with E-state index in [0.717, 1.165) is 26.6 Å². The maximum Gasteiger partial charge on any atom is 0.264 e. The Bertz CT molecular complexity index is 1690. The number of sulfonamides is 1. The van der Waals surface area contributed by atoms with Crippen LogP contribution < -0.4 is 9.62 Å². The Morgan fingerprint density at radius 3 is 2.09 bits per heavy atom. The smallest absolute Gasteiger partial charge is 0.264 e. The van der Waals surface area contributed by atoms with Crippen LogP contribution in [0.25, 0.3) is 0 Å². The van der Waals surface area contributed by atoms with Crippen molar-refractivity contribution < 1.29 is 18.0 Å². The number of halogens is 1. The standard InChI is InChI=1S/C36H40ClN3O4S/c1-26(2)23-38-36(42)34(22-29-10-6-5-7-11-29)39(24-30-15-17-31(37)18-16-30)35(41)25-40(32-12-8-9-28(4)21-32)45(43,44)33-19-13-27(3)14-20-33/h5-21,26,34H,22-25H2,1-4H3,(H,38,42). The lowest BCUT2D eigenvalue weighted by Crippen LogP contribution is -2.53. The van der Waals surface area contributed by atoms with Crippen LogP contribution in [-0.2, 0) is 32.6 Å². The molecule has 0 aliphatic rings. The van der Waals surface area contributed by atoms with Crippen molar-refractivity contribution in [2.24, 2.45) is 5.92 Å². The summed E-state index contributed by atoms with van der Waals surface area (Å²) < 4.78 is 29.4. The van der Waals surface area contributed by atoms with E-state index in [1.165, 1.54) is 4.90 Å². The SMILES string of the molecule is Cc1ccc(S(=O)(=O)N(CC(=O)N(Cc2ccc(Cl)cc2)C(Cc2ccccc2)C(=O)NCC(C)C)c2cccc(C)c2)cc1. The van der Waals surface area contributed by atoms with Gasteiger partial charge in [-0.05, 0) is 72.9 Å². The molecule has 0 spiro atoms. The first-order valence-corrected chi connectivity index (χ1v) is 16.8. The van der Waals surface area contributed by atoms with Crippen molar-refractivity contribution in [2.45, 2.75) is 51.6 Å². The Hall–Kier alpha value is -4.14. The Kier molecular flexibility index (Phi) is 11.4. The van der Waals surface area contributed by atoms with E-state index in [4.69, 9.17) is 11.6 Å². The van der Waals surface area contributed by atoms with Crippen LogP contribution in [0.15, 0.2) is 108 Å². The van der Waals surface area contributed by atoms with Gasteiger partial charge >= 0.3 is 0 Å². The fourth-order valence-corrected chi connectivity index (χ4v) is 6.44. The van der Waals surface area contributed by atoms with Crippen molar-refractivity contribution in [1.29, 1.82) is 0 Å². The lowest BCUT2D eigenvalue weighted by atomic mass is 10.0. The van der Waals surface area contributed by atoms with E-state index in [2.05, 4.69) is 5.32 Å². The summed E-state index contributed by atoms with van der Waals surface area (Å²) in [5.74, 6) is -0.621. The lowest BCUT2D eigenvalue weighted by molar-refractivity contribution is -0.140. The molecule has 236 valence electrons. The second kappa shape index (κ2) is 15.2. The average Bonchev–Trinajstić information content (AvgIpc) is 3.01. The van der Waals surface area contributed by atoms with E-state index >= 15 is 0 Å². The molecule has 0 radical (unpaired) electrons. The van der Waals surface area contributed by atoms with E-state index in [9.17, 15) is 18.0 Å². The summed E-state index contributed by atoms with van der Waals surface area (Å²) in [6.07, 6.45) is 0.249. The third-order valence-corrected chi connectivity index (χ3v) is 9.44. The molecule has 0 saturated carbocycles. The minimum atomic E-state index is -4.15. The summed E-state index contributed by atoms with van der Waals surface area (Å²) in [5.41, 5.74) is 3.75. The molecule has 4 aromatic carbocycles. The summed E-state index contributed by atoms with van der Waals surface area (Å²) in [4.78, 5) is 29.9. The van der Waals surface area contributed by atoms with Gasteiger partial charge in [-0.25, -0.2) is 8.42 Å². The Morgan fingerprint density at radius 1 is 0.800 bits per heavy atom. The number of nitrogens with zero attached hydrogens (tertiary/aromatic N) is 2. The van der Waals surface area contributed by atoms with E-state index in [1.807, 2.05) is 64.1 Å². The van der Waals surface area contributed by atoms with Gasteiger partial charge in [0.1, 0.15) is 12.6 Å². The van der Waals surface area contributed by atoms with Crippen molar-refractivity contribution in [3.05, 3.63) is 130 Å². The Balaban J connectivity index is 1.79. The fourth-order valence-electron chi connectivity index (χ4n) is 4.91. The van der Waals surface area contributed by atoms with Crippen LogP contribution in [0.1, 0.15) is 36.1 Å². The van der Waals surface area contributed by atoms with Gasteiger partial charge in [-0.3, -0.25) is 13.9 Å². The summed E-state index contributed by atoms with van der Waals surface area (Å²) in [7, 11) is -4.15. The lowest BCUT2D eigenvalue weighted by Gasteiger charge is -2.34. The molecule has 7 nitrogen and oxygen atoms in total. The molecule has 0 fully saturated rings. The number of hydrogen-bond donors (Lipinski definition) is 1. The Morgan fingerprint density at radius 2 is 1.47 bits per heavy atom. The number of rotatable bonds is 13. The van der Waals surface area contributed by atoms with Crippen LogP contribution in [0.3, 0.4) is 0 Å². The molecule has 1 atom stereocenters. The van der Waals surface area contributed by atoms with Gasteiger partial charge in [0.2, 0.25) is 11.8 Å². The summed E-state index contributed by atoms with van der Waals surface area (Å²) in [5, 5.41) is 3.54. The molecule has 0 aliphatic heterocycles. The van der Waals surface area contributed by atoms with Crippen LogP contribution in [0.2, 0.25) is 5.02 Å². The van der Waals surface area contributed by atoms with Gasteiger partial charge in [0, 0.05) is 24.5 Å². The van der Waals surface area contributed by atoms with Crippen LogP contribution in [0, 0.1) is 19.8 Å². The molecule has 4 rings (SSSR count). The monoisotopic (exact) mass is 645 g/mol. The highest BCUT2D eigenvalue weighted by Gasteiger charge is 2.34. The molecule has 0 heterocycles. The minimum Gasteiger partial charge on any atom is -0.354 e. The zero-order chi connectivity index (χ0) is 32.6. The van der Waals surface area contributed by atoms with Crippen molar-refractivity contribution in [1.82, 2.24) is 10.2 Å². The predicted molar refractivity (Wildman–Crippen MR) is 181 cm³/mol. The zero-order valence-electron chi connectivity index (χ0n) is 26.1. The van der Waals surface area contributed by atoms with Crippen LogP contribution >= 0.6 is 11.6 Å².